The van der Waals surface area contributed by atoms with Gasteiger partial charge in [0.1, 0.15) is 10.6 Å². The fraction of sp³-hybridized carbons (Fsp3) is 0.500. The van der Waals surface area contributed by atoms with Gasteiger partial charge in [-0.15, -0.1) is 0 Å². The van der Waals surface area contributed by atoms with Crippen LogP contribution in [0.15, 0.2) is 35.4 Å². The Morgan fingerprint density at radius 1 is 1.40 bits per heavy atom. The number of β-amino-alcohol motifs (C(OH)–C–C–N with tert-alkyl or cyclic N) is 1. The van der Waals surface area contributed by atoms with Crippen LogP contribution in [0, 0.1) is 0 Å². The van der Waals surface area contributed by atoms with Crippen LogP contribution in [0.25, 0.3) is 10.9 Å². The van der Waals surface area contributed by atoms with Crippen molar-refractivity contribution >= 4 is 26.8 Å². The molecule has 1 aliphatic heterocycles. The highest BCUT2D eigenvalue weighted by molar-refractivity contribution is 7.89. The highest BCUT2D eigenvalue weighted by atomic mass is 32.2. The van der Waals surface area contributed by atoms with E-state index in [0.717, 1.165) is 17.3 Å². The Labute approximate surface area is 176 Å². The van der Waals surface area contributed by atoms with E-state index in [1.807, 2.05) is 6.92 Å². The number of rotatable bonds is 8. The van der Waals surface area contributed by atoms with Crippen molar-refractivity contribution < 1.29 is 23.1 Å². The lowest BCUT2D eigenvalue weighted by atomic mass is 10.2. The molecule has 30 heavy (non-hydrogen) atoms. The lowest BCUT2D eigenvalue weighted by Crippen LogP contribution is -2.43. The van der Waals surface area contributed by atoms with Crippen LogP contribution in [-0.2, 0) is 14.8 Å². The molecule has 2 atom stereocenters. The molecule has 9 nitrogen and oxygen atoms in total. The van der Waals surface area contributed by atoms with Gasteiger partial charge in [0.25, 0.3) is 5.91 Å². The first-order valence-electron chi connectivity index (χ1n) is 9.81. The normalized spacial score (nSPS) is 18.6. The van der Waals surface area contributed by atoms with Crippen LogP contribution in [0.1, 0.15) is 13.3 Å². The van der Waals surface area contributed by atoms with Gasteiger partial charge in [-0.3, -0.25) is 14.7 Å². The van der Waals surface area contributed by atoms with E-state index in [1.165, 1.54) is 26.4 Å². The number of carbonyl (C=O) groups is 1. The third kappa shape index (κ3) is 5.07. The number of benzene rings is 1. The van der Waals surface area contributed by atoms with E-state index in [9.17, 15) is 18.3 Å². The van der Waals surface area contributed by atoms with Crippen LogP contribution < -0.4 is 10.1 Å². The molecule has 0 radical (unpaired) electrons. The van der Waals surface area contributed by atoms with E-state index in [2.05, 4.69) is 15.2 Å². The summed E-state index contributed by atoms with van der Waals surface area (Å²) in [5.74, 6) is 0.116. The number of nitrogens with zero attached hydrogens (tertiary/aromatic N) is 3. The molecule has 164 valence electrons. The van der Waals surface area contributed by atoms with Crippen LogP contribution in [0.4, 0.5) is 0 Å². The Balaban J connectivity index is 1.67. The summed E-state index contributed by atoms with van der Waals surface area (Å²) in [6, 6.07) is 6.30. The van der Waals surface area contributed by atoms with Gasteiger partial charge in [0, 0.05) is 51.4 Å². The van der Waals surface area contributed by atoms with Gasteiger partial charge in [0.2, 0.25) is 10.0 Å². The maximum Gasteiger partial charge on any atom is 0.258 e. The summed E-state index contributed by atoms with van der Waals surface area (Å²) >= 11 is 0. The van der Waals surface area contributed by atoms with E-state index in [4.69, 9.17) is 4.74 Å². The van der Waals surface area contributed by atoms with Crippen LogP contribution >= 0.6 is 0 Å². The van der Waals surface area contributed by atoms with Crippen LogP contribution in [0.5, 0.6) is 5.75 Å². The number of amides is 1. The Bertz CT molecular complexity index is 1010. The Kier molecular flexibility index (Phi) is 6.91. The molecule has 3 rings (SSSR count). The minimum Gasteiger partial charge on any atom is -0.483 e. The summed E-state index contributed by atoms with van der Waals surface area (Å²) in [5, 5.41) is 13.0. The second-order valence-electron chi connectivity index (χ2n) is 7.71. The number of pyridine rings is 1. The number of aliphatic hydroxyl groups is 1. The maximum atomic E-state index is 12.6. The second kappa shape index (κ2) is 9.25. The molecule has 2 heterocycles. The summed E-state index contributed by atoms with van der Waals surface area (Å²) in [6.07, 6.45) is 1.98. The molecule has 0 saturated carbocycles. The van der Waals surface area contributed by atoms with Gasteiger partial charge in [-0.1, -0.05) is 0 Å². The minimum atomic E-state index is -3.67. The number of likely N-dealkylation sites (tertiary alicyclic amines) is 1. The largest absolute Gasteiger partial charge is 0.483 e. The summed E-state index contributed by atoms with van der Waals surface area (Å²) in [6.45, 7) is 3.81. The molecule has 1 aromatic carbocycles. The SMILES string of the molecule is C[C@@H](CN1CC[C@H](O)C1)NC(=O)COc1ccc(S(=O)(=O)N(C)C)c2ncccc12. The van der Waals surface area contributed by atoms with Gasteiger partial charge < -0.3 is 15.2 Å². The number of carbonyl (C=O) groups excluding carboxylic acids is 1. The number of aromatic nitrogens is 1. The predicted molar refractivity (Wildman–Crippen MR) is 113 cm³/mol. The molecule has 1 aromatic heterocycles. The average molecular weight is 437 g/mol. The highest BCUT2D eigenvalue weighted by Gasteiger charge is 2.24. The van der Waals surface area contributed by atoms with Gasteiger partial charge in [-0.25, -0.2) is 12.7 Å². The molecule has 1 fully saturated rings. The first-order valence-corrected chi connectivity index (χ1v) is 11.3. The molecular formula is C20H28N4O5S. The van der Waals surface area contributed by atoms with Crippen LogP contribution in [0.2, 0.25) is 0 Å². The molecule has 2 aromatic rings. The number of aliphatic hydroxyl groups excluding tert-OH is 1. The number of ether oxygens (including phenoxy) is 1. The lowest BCUT2D eigenvalue weighted by molar-refractivity contribution is -0.123. The number of hydrogen-bond acceptors (Lipinski definition) is 7. The van der Waals surface area contributed by atoms with Crippen molar-refractivity contribution in [2.24, 2.45) is 0 Å². The zero-order chi connectivity index (χ0) is 21.9. The topological polar surface area (TPSA) is 112 Å². The monoisotopic (exact) mass is 436 g/mol. The fourth-order valence-electron chi connectivity index (χ4n) is 3.52. The Morgan fingerprint density at radius 3 is 2.83 bits per heavy atom. The van der Waals surface area contributed by atoms with Gasteiger partial charge in [-0.2, -0.15) is 0 Å². The van der Waals surface area contributed by atoms with E-state index >= 15 is 0 Å². The van der Waals surface area contributed by atoms with Crippen molar-refractivity contribution in [3.05, 3.63) is 30.5 Å². The smallest absolute Gasteiger partial charge is 0.258 e. The van der Waals surface area contributed by atoms with Gasteiger partial charge in [0.05, 0.1) is 11.6 Å². The number of sulfonamides is 1. The van der Waals surface area contributed by atoms with Gasteiger partial charge >= 0.3 is 0 Å². The zero-order valence-electron chi connectivity index (χ0n) is 17.4. The van der Waals surface area contributed by atoms with E-state index in [-0.39, 0.29) is 29.6 Å². The van der Waals surface area contributed by atoms with Crippen molar-refractivity contribution in [2.45, 2.75) is 30.4 Å². The molecule has 1 aliphatic rings. The molecular weight excluding hydrogens is 408 g/mol. The summed E-state index contributed by atoms with van der Waals surface area (Å²) in [5.41, 5.74) is 0.296. The summed E-state index contributed by atoms with van der Waals surface area (Å²) < 4.78 is 31.9. The Hall–Kier alpha value is -2.27. The third-order valence-electron chi connectivity index (χ3n) is 5.00. The Morgan fingerprint density at radius 2 is 2.17 bits per heavy atom. The standard InChI is InChI=1S/C20H28N4O5S/c1-14(11-24-10-8-15(25)12-24)22-19(26)13-29-17-6-7-18(30(27,28)23(2)3)20-16(17)5-4-9-21-20/h4-7,9,14-15,25H,8,10-13H2,1-3H3,(H,22,26)/t14-,15-/m0/s1. The minimum absolute atomic E-state index is 0.0846. The molecule has 1 saturated heterocycles. The third-order valence-corrected chi connectivity index (χ3v) is 6.84. The number of nitrogens with one attached hydrogen (secondary N) is 1. The van der Waals surface area contributed by atoms with E-state index in [1.54, 1.807) is 18.2 Å². The average Bonchev–Trinajstić information content (AvgIpc) is 3.10. The fourth-order valence-corrected chi connectivity index (χ4v) is 4.56. The lowest BCUT2D eigenvalue weighted by Gasteiger charge is -2.21. The second-order valence-corrected chi connectivity index (χ2v) is 9.83. The van der Waals surface area contributed by atoms with Crippen LogP contribution in [-0.4, -0.2) is 86.1 Å². The molecule has 0 bridgehead atoms. The van der Waals surface area contributed by atoms with Crippen molar-refractivity contribution in [1.82, 2.24) is 19.5 Å². The first-order chi connectivity index (χ1) is 14.2. The molecule has 0 spiro atoms. The molecule has 1 amide bonds. The predicted octanol–water partition coefficient (Wildman–Crippen LogP) is 0.435. The van der Waals surface area contributed by atoms with E-state index < -0.39 is 10.0 Å². The summed E-state index contributed by atoms with van der Waals surface area (Å²) in [7, 11) is -0.747. The molecule has 0 unspecified atom stereocenters. The quantitative estimate of drug-likeness (QED) is 0.617. The molecule has 0 aliphatic carbocycles. The maximum absolute atomic E-state index is 12.6. The first kappa shape index (κ1) is 22.4. The van der Waals surface area contributed by atoms with Gasteiger partial charge in [-0.05, 0) is 37.6 Å². The van der Waals surface area contributed by atoms with Gasteiger partial charge in [0.15, 0.2) is 6.61 Å². The number of hydrogen-bond donors (Lipinski definition) is 2. The van der Waals surface area contributed by atoms with Crippen molar-refractivity contribution in [3.8, 4) is 5.75 Å². The van der Waals surface area contributed by atoms with Crippen LogP contribution in [0.3, 0.4) is 0 Å². The molecule has 2 N–H and O–H groups in total. The van der Waals surface area contributed by atoms with E-state index in [0.29, 0.717) is 29.7 Å². The van der Waals surface area contributed by atoms with Crippen molar-refractivity contribution in [1.29, 1.82) is 0 Å². The number of fused-ring (bicyclic) bond motifs is 1. The van der Waals surface area contributed by atoms with Crippen molar-refractivity contribution in [3.63, 3.8) is 0 Å². The van der Waals surface area contributed by atoms with Crippen molar-refractivity contribution in [2.75, 3.05) is 40.3 Å². The zero-order valence-corrected chi connectivity index (χ0v) is 18.2. The highest BCUT2D eigenvalue weighted by Crippen LogP contribution is 2.30. The molecule has 10 heteroatoms. The summed E-state index contributed by atoms with van der Waals surface area (Å²) in [4.78, 5) is 18.7.